The summed E-state index contributed by atoms with van der Waals surface area (Å²) in [6, 6.07) is 5.59. The second-order valence-electron chi connectivity index (χ2n) is 8.69. The number of aromatic amines is 1. The molecule has 1 aromatic rings. The molecular weight excluding hydrogens is 354 g/mol. The summed E-state index contributed by atoms with van der Waals surface area (Å²) in [6.45, 7) is 4.47. The molecule has 0 unspecified atom stereocenters. The summed E-state index contributed by atoms with van der Waals surface area (Å²) in [6.07, 6.45) is 9.97. The Morgan fingerprint density at radius 3 is 2.54 bits per heavy atom. The molecule has 1 atom stereocenters. The first-order valence-electron chi connectivity index (χ1n) is 11.0. The molecule has 28 heavy (non-hydrogen) atoms. The molecular formula is C22H33N3O3. The van der Waals surface area contributed by atoms with Crippen LogP contribution in [0.15, 0.2) is 23.0 Å². The molecule has 1 aliphatic carbocycles. The van der Waals surface area contributed by atoms with Crippen LogP contribution < -0.4 is 5.56 Å². The van der Waals surface area contributed by atoms with Crippen molar-refractivity contribution in [3.8, 4) is 0 Å². The van der Waals surface area contributed by atoms with E-state index in [-0.39, 0.29) is 17.6 Å². The second kappa shape index (κ2) is 9.23. The summed E-state index contributed by atoms with van der Waals surface area (Å²) >= 11 is 0. The SMILES string of the molecule is O=C(c1cccc(=O)[nH]1)N(CC1CCN(C2CCCC2)CC1)C[C@@H]1CCCO1. The van der Waals surface area contributed by atoms with Crippen molar-refractivity contribution >= 4 is 5.91 Å². The molecule has 0 aromatic carbocycles. The lowest BCUT2D eigenvalue weighted by Crippen LogP contribution is -2.45. The van der Waals surface area contributed by atoms with Gasteiger partial charge in [-0.25, -0.2) is 0 Å². The first-order valence-corrected chi connectivity index (χ1v) is 11.0. The van der Waals surface area contributed by atoms with Crippen molar-refractivity contribution in [2.75, 3.05) is 32.8 Å². The molecule has 0 bridgehead atoms. The Bertz CT molecular complexity index is 699. The number of hydrogen-bond donors (Lipinski definition) is 1. The molecule has 4 rings (SSSR count). The van der Waals surface area contributed by atoms with Gasteiger partial charge in [-0.05, 0) is 63.6 Å². The highest BCUT2D eigenvalue weighted by Crippen LogP contribution is 2.28. The van der Waals surface area contributed by atoms with Crippen molar-refractivity contribution in [3.63, 3.8) is 0 Å². The van der Waals surface area contributed by atoms with Gasteiger partial charge in [0, 0.05) is 31.8 Å². The van der Waals surface area contributed by atoms with Gasteiger partial charge in [0.15, 0.2) is 0 Å². The van der Waals surface area contributed by atoms with Crippen LogP contribution in [0, 0.1) is 5.92 Å². The minimum Gasteiger partial charge on any atom is -0.376 e. The molecule has 6 heteroatoms. The maximum atomic E-state index is 13.1. The fourth-order valence-electron chi connectivity index (χ4n) is 5.10. The first-order chi connectivity index (χ1) is 13.7. The third-order valence-corrected chi connectivity index (χ3v) is 6.70. The number of hydrogen-bond acceptors (Lipinski definition) is 4. The average molecular weight is 388 g/mol. The summed E-state index contributed by atoms with van der Waals surface area (Å²) < 4.78 is 5.79. The van der Waals surface area contributed by atoms with Gasteiger partial charge in [-0.3, -0.25) is 9.59 Å². The Labute approximate surface area is 167 Å². The quantitative estimate of drug-likeness (QED) is 0.815. The van der Waals surface area contributed by atoms with Crippen molar-refractivity contribution in [1.29, 1.82) is 0 Å². The van der Waals surface area contributed by atoms with Crippen molar-refractivity contribution in [2.45, 2.75) is 63.5 Å². The molecule has 3 fully saturated rings. The van der Waals surface area contributed by atoms with E-state index < -0.39 is 0 Å². The largest absolute Gasteiger partial charge is 0.376 e. The summed E-state index contributed by atoms with van der Waals surface area (Å²) in [5, 5.41) is 0. The highest BCUT2D eigenvalue weighted by molar-refractivity contribution is 5.92. The average Bonchev–Trinajstić information content (AvgIpc) is 3.42. The number of nitrogens with zero attached hydrogens (tertiary/aromatic N) is 2. The number of aromatic nitrogens is 1. The lowest BCUT2D eigenvalue weighted by atomic mass is 9.94. The third-order valence-electron chi connectivity index (χ3n) is 6.70. The third kappa shape index (κ3) is 4.84. The van der Waals surface area contributed by atoms with Gasteiger partial charge in [0.1, 0.15) is 5.69 Å². The maximum Gasteiger partial charge on any atom is 0.270 e. The van der Waals surface area contributed by atoms with Gasteiger partial charge in [-0.2, -0.15) is 0 Å². The number of amides is 1. The minimum atomic E-state index is -0.229. The van der Waals surface area contributed by atoms with E-state index in [0.717, 1.165) is 58.0 Å². The van der Waals surface area contributed by atoms with E-state index in [1.165, 1.54) is 31.7 Å². The number of nitrogens with one attached hydrogen (secondary N) is 1. The second-order valence-corrected chi connectivity index (χ2v) is 8.69. The van der Waals surface area contributed by atoms with Gasteiger partial charge < -0.3 is 19.5 Å². The van der Waals surface area contributed by atoms with Crippen LogP contribution in [0.3, 0.4) is 0 Å². The molecule has 2 saturated heterocycles. The molecule has 0 radical (unpaired) electrons. The number of piperidine rings is 1. The van der Waals surface area contributed by atoms with Crippen LogP contribution in [-0.4, -0.2) is 65.6 Å². The molecule has 1 amide bonds. The Kier molecular flexibility index (Phi) is 6.47. The molecule has 3 aliphatic rings. The van der Waals surface area contributed by atoms with Crippen molar-refractivity contribution in [2.24, 2.45) is 5.92 Å². The maximum absolute atomic E-state index is 13.1. The molecule has 6 nitrogen and oxygen atoms in total. The van der Waals surface area contributed by atoms with Crippen LogP contribution in [-0.2, 0) is 4.74 Å². The van der Waals surface area contributed by atoms with E-state index in [4.69, 9.17) is 4.74 Å². The van der Waals surface area contributed by atoms with Crippen LogP contribution in [0.2, 0.25) is 0 Å². The zero-order valence-corrected chi connectivity index (χ0v) is 16.8. The number of rotatable bonds is 6. The number of H-pyrrole nitrogens is 1. The molecule has 1 N–H and O–H groups in total. The van der Waals surface area contributed by atoms with Crippen molar-refractivity contribution < 1.29 is 9.53 Å². The van der Waals surface area contributed by atoms with Gasteiger partial charge >= 0.3 is 0 Å². The molecule has 0 spiro atoms. The van der Waals surface area contributed by atoms with Crippen LogP contribution in [0.1, 0.15) is 61.9 Å². The van der Waals surface area contributed by atoms with Crippen LogP contribution in [0.25, 0.3) is 0 Å². The predicted octanol–water partition coefficient (Wildman–Crippen LogP) is 2.65. The van der Waals surface area contributed by atoms with Crippen molar-refractivity contribution in [1.82, 2.24) is 14.8 Å². The molecule has 2 aliphatic heterocycles. The Hall–Kier alpha value is -1.66. The Morgan fingerprint density at radius 1 is 1.07 bits per heavy atom. The fourth-order valence-corrected chi connectivity index (χ4v) is 5.10. The molecule has 154 valence electrons. The number of ether oxygens (including phenoxy) is 1. The first kappa shape index (κ1) is 19.6. The zero-order chi connectivity index (χ0) is 19.3. The predicted molar refractivity (Wildman–Crippen MR) is 108 cm³/mol. The van der Waals surface area contributed by atoms with Gasteiger partial charge in [0.25, 0.3) is 5.91 Å². The standard InChI is InChI=1S/C22H33N3O3/c26-21-9-3-8-20(23-21)22(27)25(16-19-7-4-14-28-19)15-17-10-12-24(13-11-17)18-5-1-2-6-18/h3,8-9,17-19H,1-2,4-7,10-16H2,(H,23,26)/t19-/m0/s1. The van der Waals surface area contributed by atoms with Gasteiger partial charge in [-0.15, -0.1) is 0 Å². The van der Waals surface area contributed by atoms with Gasteiger partial charge in [0.05, 0.1) is 6.10 Å². The number of likely N-dealkylation sites (tertiary alicyclic amines) is 1. The van der Waals surface area contributed by atoms with Crippen LogP contribution >= 0.6 is 0 Å². The molecule has 1 aromatic heterocycles. The summed E-state index contributed by atoms with van der Waals surface area (Å²) in [5.74, 6) is 0.449. The van der Waals surface area contributed by atoms with E-state index in [0.29, 0.717) is 18.2 Å². The Balaban J connectivity index is 1.39. The lowest BCUT2D eigenvalue weighted by molar-refractivity contribution is 0.0425. The number of carbonyl (C=O) groups is 1. The monoisotopic (exact) mass is 387 g/mol. The minimum absolute atomic E-state index is 0.0774. The summed E-state index contributed by atoms with van der Waals surface area (Å²) in [7, 11) is 0. The number of carbonyl (C=O) groups excluding carboxylic acids is 1. The highest BCUT2D eigenvalue weighted by atomic mass is 16.5. The van der Waals surface area contributed by atoms with E-state index in [1.54, 1.807) is 12.1 Å². The Morgan fingerprint density at radius 2 is 1.86 bits per heavy atom. The normalized spacial score (nSPS) is 24.6. The van der Waals surface area contributed by atoms with Crippen LogP contribution in [0.4, 0.5) is 0 Å². The zero-order valence-electron chi connectivity index (χ0n) is 16.8. The summed E-state index contributed by atoms with van der Waals surface area (Å²) in [4.78, 5) is 32.1. The smallest absolute Gasteiger partial charge is 0.270 e. The van der Waals surface area contributed by atoms with E-state index in [1.807, 2.05) is 4.90 Å². The van der Waals surface area contributed by atoms with Gasteiger partial charge in [-0.1, -0.05) is 18.9 Å². The van der Waals surface area contributed by atoms with Crippen molar-refractivity contribution in [3.05, 3.63) is 34.2 Å². The van der Waals surface area contributed by atoms with E-state index in [2.05, 4.69) is 9.88 Å². The fraction of sp³-hybridized carbons (Fsp3) is 0.727. The molecule has 3 heterocycles. The number of pyridine rings is 1. The van der Waals surface area contributed by atoms with Gasteiger partial charge in [0.2, 0.25) is 5.56 Å². The lowest BCUT2D eigenvalue weighted by Gasteiger charge is -2.38. The topological polar surface area (TPSA) is 65.6 Å². The summed E-state index contributed by atoms with van der Waals surface area (Å²) in [5.41, 5.74) is 0.154. The van der Waals surface area contributed by atoms with E-state index >= 15 is 0 Å². The van der Waals surface area contributed by atoms with Crippen LogP contribution in [0.5, 0.6) is 0 Å². The molecule has 1 saturated carbocycles. The highest BCUT2D eigenvalue weighted by Gasteiger charge is 2.30. The van der Waals surface area contributed by atoms with E-state index in [9.17, 15) is 9.59 Å².